The summed E-state index contributed by atoms with van der Waals surface area (Å²) in [5.41, 5.74) is -0.399. The van der Waals surface area contributed by atoms with Crippen LogP contribution in [0.2, 0.25) is 0 Å². The SMILES string of the molecule is O=C(NCCSc1ccccc1)C1CC1c1ccccc1C(F)(F)F. The maximum absolute atomic E-state index is 13.1. The van der Waals surface area contributed by atoms with Crippen molar-refractivity contribution in [3.05, 3.63) is 65.7 Å². The number of hydrogen-bond donors (Lipinski definition) is 1. The lowest BCUT2D eigenvalue weighted by molar-refractivity contribution is -0.138. The molecule has 1 aliphatic carbocycles. The highest BCUT2D eigenvalue weighted by Gasteiger charge is 2.47. The zero-order valence-electron chi connectivity index (χ0n) is 13.4. The Morgan fingerprint density at radius 2 is 1.76 bits per heavy atom. The number of thioether (sulfide) groups is 1. The molecule has 1 amide bonds. The van der Waals surface area contributed by atoms with Crippen LogP contribution in [0.15, 0.2) is 59.5 Å². The summed E-state index contributed by atoms with van der Waals surface area (Å²) in [4.78, 5) is 13.3. The van der Waals surface area contributed by atoms with E-state index in [1.54, 1.807) is 17.8 Å². The number of hydrogen-bond acceptors (Lipinski definition) is 2. The molecule has 0 aromatic heterocycles. The minimum Gasteiger partial charge on any atom is -0.355 e. The molecule has 2 unspecified atom stereocenters. The van der Waals surface area contributed by atoms with Crippen LogP contribution in [0.25, 0.3) is 0 Å². The summed E-state index contributed by atoms with van der Waals surface area (Å²) in [6.45, 7) is 0.503. The Hall–Kier alpha value is -1.95. The summed E-state index contributed by atoms with van der Waals surface area (Å²) >= 11 is 1.63. The summed E-state index contributed by atoms with van der Waals surface area (Å²) in [6, 6.07) is 15.4. The van der Waals surface area contributed by atoms with Crippen molar-refractivity contribution < 1.29 is 18.0 Å². The standard InChI is InChI=1S/C19H18F3NOS/c20-19(21,22)17-9-5-4-8-14(17)15-12-16(15)18(24)23-10-11-25-13-6-2-1-3-7-13/h1-9,15-16H,10-12H2,(H,23,24). The number of benzene rings is 2. The summed E-state index contributed by atoms with van der Waals surface area (Å²) < 4.78 is 39.2. The third kappa shape index (κ3) is 4.57. The Morgan fingerprint density at radius 3 is 2.48 bits per heavy atom. The number of rotatable bonds is 6. The van der Waals surface area contributed by atoms with E-state index in [0.717, 1.165) is 16.7 Å². The van der Waals surface area contributed by atoms with Crippen molar-refractivity contribution in [3.63, 3.8) is 0 Å². The molecule has 25 heavy (non-hydrogen) atoms. The first-order valence-corrected chi connectivity index (χ1v) is 9.07. The topological polar surface area (TPSA) is 29.1 Å². The summed E-state index contributed by atoms with van der Waals surface area (Å²) in [6.07, 6.45) is -3.91. The van der Waals surface area contributed by atoms with Gasteiger partial charge < -0.3 is 5.32 Å². The molecule has 0 saturated heterocycles. The maximum Gasteiger partial charge on any atom is 0.416 e. The molecule has 1 N–H and O–H groups in total. The van der Waals surface area contributed by atoms with Crippen molar-refractivity contribution in [1.82, 2.24) is 5.32 Å². The molecular weight excluding hydrogens is 347 g/mol. The molecule has 3 rings (SSSR count). The molecule has 1 aliphatic rings. The number of carbonyl (C=O) groups is 1. The molecule has 2 nitrogen and oxygen atoms in total. The first kappa shape index (κ1) is 17.9. The van der Waals surface area contributed by atoms with Gasteiger partial charge >= 0.3 is 6.18 Å². The van der Waals surface area contributed by atoms with Gasteiger partial charge in [-0.2, -0.15) is 13.2 Å². The smallest absolute Gasteiger partial charge is 0.355 e. The van der Waals surface area contributed by atoms with Gasteiger partial charge in [0.2, 0.25) is 5.91 Å². The third-order valence-corrected chi connectivity index (χ3v) is 5.22. The molecule has 0 heterocycles. The fraction of sp³-hybridized carbons (Fsp3) is 0.316. The van der Waals surface area contributed by atoms with Crippen LogP contribution < -0.4 is 5.32 Å². The fourth-order valence-corrected chi connectivity index (χ4v) is 3.69. The molecular formula is C19H18F3NOS. The van der Waals surface area contributed by atoms with Crippen LogP contribution in [0.1, 0.15) is 23.5 Å². The fourth-order valence-electron chi connectivity index (χ4n) is 2.90. The second kappa shape index (κ2) is 7.52. The highest BCUT2D eigenvalue weighted by Crippen LogP contribution is 2.51. The number of nitrogens with one attached hydrogen (secondary N) is 1. The van der Waals surface area contributed by atoms with Gasteiger partial charge in [-0.1, -0.05) is 36.4 Å². The maximum atomic E-state index is 13.1. The second-order valence-electron chi connectivity index (χ2n) is 5.99. The zero-order valence-corrected chi connectivity index (χ0v) is 14.2. The molecule has 0 radical (unpaired) electrons. The largest absolute Gasteiger partial charge is 0.416 e. The third-order valence-electron chi connectivity index (χ3n) is 4.21. The van der Waals surface area contributed by atoms with E-state index in [9.17, 15) is 18.0 Å². The predicted molar refractivity (Wildman–Crippen MR) is 92.5 cm³/mol. The van der Waals surface area contributed by atoms with E-state index in [1.165, 1.54) is 12.1 Å². The first-order valence-electron chi connectivity index (χ1n) is 8.08. The van der Waals surface area contributed by atoms with E-state index in [-0.39, 0.29) is 23.3 Å². The van der Waals surface area contributed by atoms with Crippen LogP contribution in [-0.4, -0.2) is 18.2 Å². The van der Waals surface area contributed by atoms with Gasteiger partial charge in [-0.15, -0.1) is 11.8 Å². The van der Waals surface area contributed by atoms with E-state index >= 15 is 0 Å². The molecule has 0 aliphatic heterocycles. The first-order chi connectivity index (χ1) is 12.0. The quantitative estimate of drug-likeness (QED) is 0.593. The Balaban J connectivity index is 1.50. The van der Waals surface area contributed by atoms with Gasteiger partial charge in [0.25, 0.3) is 0 Å². The van der Waals surface area contributed by atoms with Crippen molar-refractivity contribution in [2.75, 3.05) is 12.3 Å². The number of amides is 1. The summed E-state index contributed by atoms with van der Waals surface area (Å²) in [7, 11) is 0. The normalized spacial score (nSPS) is 19.5. The monoisotopic (exact) mass is 365 g/mol. The molecule has 1 fully saturated rings. The molecule has 1 saturated carbocycles. The van der Waals surface area contributed by atoms with Gasteiger partial charge in [-0.05, 0) is 36.1 Å². The van der Waals surface area contributed by atoms with Gasteiger partial charge in [0.1, 0.15) is 0 Å². The zero-order chi connectivity index (χ0) is 17.9. The van der Waals surface area contributed by atoms with Crippen LogP contribution in [0.5, 0.6) is 0 Å². The lowest BCUT2D eigenvalue weighted by Gasteiger charge is -2.12. The van der Waals surface area contributed by atoms with Crippen LogP contribution >= 0.6 is 11.8 Å². The van der Waals surface area contributed by atoms with Crippen molar-refractivity contribution in [3.8, 4) is 0 Å². The molecule has 132 valence electrons. The van der Waals surface area contributed by atoms with E-state index in [4.69, 9.17) is 0 Å². The van der Waals surface area contributed by atoms with Gasteiger partial charge in [0.05, 0.1) is 5.56 Å². The lowest BCUT2D eigenvalue weighted by atomic mass is 10.0. The molecule has 2 aromatic carbocycles. The summed E-state index contributed by atoms with van der Waals surface area (Å²) in [5, 5.41) is 2.83. The van der Waals surface area contributed by atoms with Gasteiger partial charge in [0, 0.05) is 23.1 Å². The lowest BCUT2D eigenvalue weighted by Crippen LogP contribution is -2.27. The average molecular weight is 365 g/mol. The average Bonchev–Trinajstić information content (AvgIpc) is 3.39. The molecule has 0 bridgehead atoms. The molecule has 0 spiro atoms. The predicted octanol–water partition coefficient (Wildman–Crippen LogP) is 4.72. The van der Waals surface area contributed by atoms with E-state index in [2.05, 4.69) is 5.32 Å². The van der Waals surface area contributed by atoms with Crippen LogP contribution in [0.4, 0.5) is 13.2 Å². The van der Waals surface area contributed by atoms with Gasteiger partial charge in [-0.3, -0.25) is 4.79 Å². The Morgan fingerprint density at radius 1 is 1.08 bits per heavy atom. The van der Waals surface area contributed by atoms with Gasteiger partial charge in [-0.25, -0.2) is 0 Å². The van der Waals surface area contributed by atoms with E-state index in [0.29, 0.717) is 13.0 Å². The number of halogens is 3. The Kier molecular flexibility index (Phi) is 5.37. The second-order valence-corrected chi connectivity index (χ2v) is 7.15. The van der Waals surface area contributed by atoms with Crippen molar-refractivity contribution in [2.24, 2.45) is 5.92 Å². The van der Waals surface area contributed by atoms with Crippen molar-refractivity contribution in [2.45, 2.75) is 23.4 Å². The highest BCUT2D eigenvalue weighted by molar-refractivity contribution is 7.99. The van der Waals surface area contributed by atoms with Crippen molar-refractivity contribution in [1.29, 1.82) is 0 Å². The summed E-state index contributed by atoms with van der Waals surface area (Å²) in [5.74, 6) is -0.118. The molecule has 2 atom stereocenters. The minimum atomic E-state index is -4.38. The number of carbonyl (C=O) groups excluding carboxylic acids is 1. The van der Waals surface area contributed by atoms with E-state index < -0.39 is 11.7 Å². The van der Waals surface area contributed by atoms with Gasteiger partial charge in [0.15, 0.2) is 0 Å². The Bertz CT molecular complexity index is 733. The van der Waals surface area contributed by atoms with Crippen LogP contribution in [0.3, 0.4) is 0 Å². The Labute approximate surface area is 148 Å². The van der Waals surface area contributed by atoms with Crippen molar-refractivity contribution >= 4 is 17.7 Å². The minimum absolute atomic E-state index is 0.157. The molecule has 6 heteroatoms. The van der Waals surface area contributed by atoms with Crippen LogP contribution in [0, 0.1) is 5.92 Å². The highest BCUT2D eigenvalue weighted by atomic mass is 32.2. The van der Waals surface area contributed by atoms with E-state index in [1.807, 2.05) is 30.3 Å². The van der Waals surface area contributed by atoms with Crippen LogP contribution in [-0.2, 0) is 11.0 Å². The number of alkyl halides is 3. The molecule has 2 aromatic rings.